The van der Waals surface area contributed by atoms with Gasteiger partial charge < -0.3 is 9.84 Å². The number of carboxylic acids is 1. The van der Waals surface area contributed by atoms with Crippen molar-refractivity contribution >= 4 is 5.97 Å². The first-order valence-electron chi connectivity index (χ1n) is 3.92. The van der Waals surface area contributed by atoms with Gasteiger partial charge in [-0.1, -0.05) is 18.2 Å². The van der Waals surface area contributed by atoms with Crippen LogP contribution >= 0.6 is 0 Å². The number of carboxylic acid groups (broad SMARTS) is 1. The van der Waals surface area contributed by atoms with Gasteiger partial charge in [0.1, 0.15) is 5.82 Å². The first-order valence-corrected chi connectivity index (χ1v) is 3.92. The number of ether oxygens (including phenoxy) is 1. The van der Waals surface area contributed by atoms with Crippen LogP contribution in [0.15, 0.2) is 24.3 Å². The zero-order valence-electron chi connectivity index (χ0n) is 7.41. The van der Waals surface area contributed by atoms with Crippen molar-refractivity contribution in [3.8, 4) is 0 Å². The fourth-order valence-electron chi connectivity index (χ4n) is 0.846. The number of benzene rings is 1. The van der Waals surface area contributed by atoms with E-state index >= 15 is 0 Å². The van der Waals surface area contributed by atoms with Crippen LogP contribution in [-0.2, 0) is 16.1 Å². The van der Waals surface area contributed by atoms with E-state index in [1.807, 2.05) is 0 Å². The van der Waals surface area contributed by atoms with E-state index in [1.165, 1.54) is 18.2 Å². The van der Waals surface area contributed by atoms with Crippen molar-refractivity contribution in [1.82, 2.24) is 0 Å². The van der Waals surface area contributed by atoms with Gasteiger partial charge in [0.05, 0.1) is 6.61 Å². The predicted molar refractivity (Wildman–Crippen MR) is 43.8 cm³/mol. The summed E-state index contributed by atoms with van der Waals surface area (Å²) in [6.45, 7) is -0.800. The third-order valence-electron chi connectivity index (χ3n) is 1.62. The first-order chi connectivity index (χ1) is 6.93. The molecule has 0 amide bonds. The average molecular weight is 220 g/mol. The maximum absolute atomic E-state index is 12.9. The molecule has 15 heavy (non-hydrogen) atoms. The van der Waals surface area contributed by atoms with Gasteiger partial charge in [-0.3, -0.25) is 0 Å². The molecule has 0 saturated heterocycles. The molecular weight excluding hydrogens is 213 g/mol. The molecule has 0 spiro atoms. The lowest BCUT2D eigenvalue weighted by Gasteiger charge is -2.11. The summed E-state index contributed by atoms with van der Waals surface area (Å²) in [6, 6.07) is 5.11. The van der Waals surface area contributed by atoms with Gasteiger partial charge in [-0.25, -0.2) is 9.18 Å². The van der Waals surface area contributed by atoms with Gasteiger partial charge in [0, 0.05) is 5.56 Å². The molecule has 0 heterocycles. The number of alkyl halides is 2. The highest BCUT2D eigenvalue weighted by molar-refractivity contribution is 5.73. The van der Waals surface area contributed by atoms with Crippen LogP contribution in [0.4, 0.5) is 13.2 Å². The summed E-state index contributed by atoms with van der Waals surface area (Å²) in [4.78, 5) is 9.96. The SMILES string of the molecule is O=C(O)C(F)(F)OCc1ccccc1F. The summed E-state index contributed by atoms with van der Waals surface area (Å²) in [5.41, 5.74) is -0.126. The highest BCUT2D eigenvalue weighted by Crippen LogP contribution is 2.18. The molecule has 1 aromatic carbocycles. The van der Waals surface area contributed by atoms with Crippen LogP contribution < -0.4 is 0 Å². The Morgan fingerprint density at radius 1 is 1.40 bits per heavy atom. The van der Waals surface area contributed by atoms with Crippen LogP contribution in [0, 0.1) is 5.82 Å². The summed E-state index contributed by atoms with van der Waals surface area (Å²) in [5, 5.41) is 8.02. The first kappa shape index (κ1) is 11.5. The minimum atomic E-state index is -4.30. The minimum absolute atomic E-state index is 0.126. The van der Waals surface area contributed by atoms with Crippen LogP contribution in [0.3, 0.4) is 0 Å². The lowest BCUT2D eigenvalue weighted by Crippen LogP contribution is -2.31. The summed E-state index contributed by atoms with van der Waals surface area (Å²) < 4.78 is 41.5. The van der Waals surface area contributed by atoms with Crippen LogP contribution in [0.25, 0.3) is 0 Å². The molecule has 0 fully saturated rings. The number of carbonyl (C=O) groups is 1. The minimum Gasteiger partial charge on any atom is -0.475 e. The van der Waals surface area contributed by atoms with Crippen LogP contribution in [0.2, 0.25) is 0 Å². The Morgan fingerprint density at radius 3 is 2.53 bits per heavy atom. The predicted octanol–water partition coefficient (Wildman–Crippen LogP) is 2.02. The molecule has 0 atom stereocenters. The molecule has 0 aromatic heterocycles. The molecule has 3 nitrogen and oxygen atoms in total. The molecule has 0 aliphatic heterocycles. The van der Waals surface area contributed by atoms with E-state index in [4.69, 9.17) is 5.11 Å². The van der Waals surface area contributed by atoms with E-state index < -0.39 is 24.5 Å². The number of rotatable bonds is 4. The quantitative estimate of drug-likeness (QED) is 0.844. The van der Waals surface area contributed by atoms with E-state index in [1.54, 1.807) is 0 Å². The Morgan fingerprint density at radius 2 is 2.00 bits per heavy atom. The van der Waals surface area contributed by atoms with Gasteiger partial charge in [-0.05, 0) is 6.07 Å². The second-order valence-electron chi connectivity index (χ2n) is 2.70. The van der Waals surface area contributed by atoms with Gasteiger partial charge in [0.15, 0.2) is 0 Å². The summed E-state index contributed by atoms with van der Waals surface area (Å²) in [7, 11) is 0. The number of hydrogen-bond donors (Lipinski definition) is 1. The molecular formula is C9H7F3O3. The zero-order valence-corrected chi connectivity index (χ0v) is 7.41. The lowest BCUT2D eigenvalue weighted by molar-refractivity contribution is -0.250. The normalized spacial score (nSPS) is 11.4. The Hall–Kier alpha value is -1.56. The Kier molecular flexibility index (Phi) is 3.31. The van der Waals surface area contributed by atoms with Crippen LogP contribution in [0.1, 0.15) is 5.56 Å². The third-order valence-corrected chi connectivity index (χ3v) is 1.62. The van der Waals surface area contributed by atoms with Crippen molar-refractivity contribution in [1.29, 1.82) is 0 Å². The highest BCUT2D eigenvalue weighted by Gasteiger charge is 2.40. The van der Waals surface area contributed by atoms with Crippen molar-refractivity contribution in [2.24, 2.45) is 0 Å². The van der Waals surface area contributed by atoms with Crippen molar-refractivity contribution in [3.63, 3.8) is 0 Å². The maximum atomic E-state index is 12.9. The smallest absolute Gasteiger partial charge is 0.456 e. The molecule has 0 aliphatic carbocycles. The molecule has 1 aromatic rings. The van der Waals surface area contributed by atoms with Gasteiger partial charge >= 0.3 is 12.1 Å². The molecule has 1 N–H and O–H groups in total. The van der Waals surface area contributed by atoms with E-state index in [-0.39, 0.29) is 5.56 Å². The van der Waals surface area contributed by atoms with Gasteiger partial charge in [-0.15, -0.1) is 0 Å². The zero-order chi connectivity index (χ0) is 11.5. The van der Waals surface area contributed by atoms with E-state index in [2.05, 4.69) is 4.74 Å². The number of aliphatic carboxylic acids is 1. The van der Waals surface area contributed by atoms with Crippen LogP contribution in [-0.4, -0.2) is 17.2 Å². The Bertz CT molecular complexity index is 365. The number of hydrogen-bond acceptors (Lipinski definition) is 2. The topological polar surface area (TPSA) is 46.5 Å². The van der Waals surface area contributed by atoms with Crippen molar-refractivity contribution in [3.05, 3.63) is 35.6 Å². The molecule has 82 valence electrons. The Balaban J connectivity index is 2.66. The largest absolute Gasteiger partial charge is 0.475 e. The lowest BCUT2D eigenvalue weighted by atomic mass is 10.2. The molecule has 0 aliphatic rings. The second kappa shape index (κ2) is 4.31. The Labute approximate surface area is 83.1 Å². The fraction of sp³-hybridized carbons (Fsp3) is 0.222. The molecule has 0 radical (unpaired) electrons. The van der Waals surface area contributed by atoms with E-state index in [0.29, 0.717) is 0 Å². The maximum Gasteiger partial charge on any atom is 0.456 e. The van der Waals surface area contributed by atoms with Crippen molar-refractivity contribution < 1.29 is 27.8 Å². The second-order valence-corrected chi connectivity index (χ2v) is 2.70. The highest BCUT2D eigenvalue weighted by atomic mass is 19.3. The molecule has 6 heteroatoms. The van der Waals surface area contributed by atoms with E-state index in [9.17, 15) is 18.0 Å². The average Bonchev–Trinajstić information content (AvgIpc) is 2.16. The van der Waals surface area contributed by atoms with Crippen LogP contribution in [0.5, 0.6) is 0 Å². The summed E-state index contributed by atoms with van der Waals surface area (Å²) in [5.74, 6) is -3.13. The van der Waals surface area contributed by atoms with Crippen molar-refractivity contribution in [2.45, 2.75) is 12.7 Å². The molecule has 1 rings (SSSR count). The van der Waals surface area contributed by atoms with Gasteiger partial charge in [0.2, 0.25) is 0 Å². The third kappa shape index (κ3) is 2.95. The van der Waals surface area contributed by atoms with Crippen molar-refractivity contribution in [2.75, 3.05) is 0 Å². The monoisotopic (exact) mass is 220 g/mol. The van der Waals surface area contributed by atoms with Gasteiger partial charge in [-0.2, -0.15) is 8.78 Å². The number of halogens is 3. The molecule has 0 saturated carbocycles. The molecule has 0 bridgehead atoms. The fourth-order valence-corrected chi connectivity index (χ4v) is 0.846. The van der Waals surface area contributed by atoms with E-state index in [0.717, 1.165) is 6.07 Å². The standard InChI is InChI=1S/C9H7F3O3/c10-7-4-2-1-3-6(7)5-15-9(11,12)8(13)14/h1-4H,5H2,(H,13,14). The molecule has 0 unspecified atom stereocenters. The summed E-state index contributed by atoms with van der Waals surface area (Å²) >= 11 is 0. The van der Waals surface area contributed by atoms with Gasteiger partial charge in [0.25, 0.3) is 0 Å². The summed E-state index contributed by atoms with van der Waals surface area (Å²) in [6.07, 6.45) is -4.30.